The molecule has 0 radical (unpaired) electrons. The van der Waals surface area contributed by atoms with Crippen molar-refractivity contribution >= 4 is 16.1 Å². The number of rotatable bonds is 4. The number of hydrogen-bond acceptors (Lipinski definition) is 4. The molecule has 0 amide bonds. The van der Waals surface area contributed by atoms with Crippen LogP contribution in [0.15, 0.2) is 24.8 Å². The Morgan fingerprint density at radius 1 is 1.46 bits per heavy atom. The summed E-state index contributed by atoms with van der Waals surface area (Å²) in [7, 11) is -5.00. The summed E-state index contributed by atoms with van der Waals surface area (Å²) in [4.78, 5) is 7.23. The molecule has 3 N–H and O–H groups in total. The molecule has 0 aliphatic heterocycles. The zero-order chi connectivity index (χ0) is 10.9. The van der Waals surface area contributed by atoms with E-state index in [0.29, 0.717) is 6.08 Å². The van der Waals surface area contributed by atoms with Gasteiger partial charge in [-0.2, -0.15) is 8.42 Å². The van der Waals surface area contributed by atoms with E-state index < -0.39 is 26.6 Å². The molecular formula is C6H8O6S. The first-order chi connectivity index (χ1) is 5.66. The van der Waals surface area contributed by atoms with Gasteiger partial charge in [-0.25, -0.2) is 4.79 Å². The molecule has 0 aromatic carbocycles. The number of carboxylic acid groups (broad SMARTS) is 1. The number of aliphatic carboxylic acids is 1. The van der Waals surface area contributed by atoms with Gasteiger partial charge in [0.1, 0.15) is 0 Å². The van der Waals surface area contributed by atoms with E-state index in [1.54, 1.807) is 0 Å². The zero-order valence-corrected chi connectivity index (χ0v) is 7.28. The van der Waals surface area contributed by atoms with E-state index in [1.807, 2.05) is 0 Å². The van der Waals surface area contributed by atoms with E-state index in [9.17, 15) is 13.2 Å². The van der Waals surface area contributed by atoms with Gasteiger partial charge in [0.15, 0.2) is 0 Å². The van der Waals surface area contributed by atoms with Crippen LogP contribution in [0, 0.1) is 0 Å². The van der Waals surface area contributed by atoms with Crippen LogP contribution in [0.1, 0.15) is 0 Å². The van der Waals surface area contributed by atoms with Crippen LogP contribution in [-0.2, 0) is 14.9 Å². The number of carboxylic acids is 1. The number of aliphatic hydroxyl groups is 1. The Bertz CT molecular complexity index is 353. The molecule has 0 aromatic heterocycles. The lowest BCUT2D eigenvalue weighted by atomic mass is 10.1. The van der Waals surface area contributed by atoms with Gasteiger partial charge in [-0.3, -0.25) is 4.55 Å². The van der Waals surface area contributed by atoms with Gasteiger partial charge in [-0.15, -0.1) is 0 Å². The summed E-state index contributed by atoms with van der Waals surface area (Å²) in [6, 6.07) is 0. The van der Waals surface area contributed by atoms with Crippen molar-refractivity contribution < 1.29 is 28.0 Å². The second-order valence-electron chi connectivity index (χ2n) is 2.16. The largest absolute Gasteiger partial charge is 0.478 e. The summed E-state index contributed by atoms with van der Waals surface area (Å²) >= 11 is 0. The van der Waals surface area contributed by atoms with Gasteiger partial charge in [0.25, 0.3) is 0 Å². The van der Waals surface area contributed by atoms with Gasteiger partial charge in [-0.05, 0) is 6.08 Å². The average molecular weight is 208 g/mol. The minimum atomic E-state index is -5.00. The van der Waals surface area contributed by atoms with Crippen LogP contribution in [0.25, 0.3) is 0 Å². The lowest BCUT2D eigenvalue weighted by molar-refractivity contribution is -0.133. The second-order valence-corrected chi connectivity index (χ2v) is 3.73. The topological polar surface area (TPSA) is 112 Å². The van der Waals surface area contributed by atoms with Gasteiger partial charge in [-0.1, -0.05) is 13.2 Å². The Labute approximate surface area is 74.6 Å². The first-order valence-corrected chi connectivity index (χ1v) is 4.36. The average Bonchev–Trinajstić information content (AvgIpc) is 1.99. The molecule has 0 aliphatic rings. The van der Waals surface area contributed by atoms with Crippen LogP contribution >= 0.6 is 0 Å². The minimum absolute atomic E-state index is 0.374. The molecule has 0 bridgehead atoms. The van der Waals surface area contributed by atoms with Gasteiger partial charge in [0.2, 0.25) is 4.93 Å². The summed E-state index contributed by atoms with van der Waals surface area (Å²) < 4.78 is 29.6. The third kappa shape index (κ3) is 1.94. The van der Waals surface area contributed by atoms with Crippen molar-refractivity contribution in [1.29, 1.82) is 0 Å². The van der Waals surface area contributed by atoms with Crippen LogP contribution in [0.2, 0.25) is 0 Å². The maximum atomic E-state index is 10.5. The van der Waals surface area contributed by atoms with E-state index in [4.69, 9.17) is 14.8 Å². The van der Waals surface area contributed by atoms with E-state index in [-0.39, 0.29) is 0 Å². The van der Waals surface area contributed by atoms with Crippen molar-refractivity contribution in [2.24, 2.45) is 0 Å². The van der Waals surface area contributed by atoms with Crippen molar-refractivity contribution in [3.05, 3.63) is 24.8 Å². The van der Waals surface area contributed by atoms with Gasteiger partial charge in [0, 0.05) is 0 Å². The van der Waals surface area contributed by atoms with Crippen LogP contribution in [0.3, 0.4) is 0 Å². The summed E-state index contributed by atoms with van der Waals surface area (Å²) in [6.07, 6.45) is 0.374. The van der Waals surface area contributed by atoms with Crippen LogP contribution < -0.4 is 0 Å². The number of carbonyl (C=O) groups is 1. The minimum Gasteiger partial charge on any atom is -0.478 e. The van der Waals surface area contributed by atoms with Crippen molar-refractivity contribution in [2.75, 3.05) is 0 Å². The highest BCUT2D eigenvalue weighted by atomic mass is 32.2. The third-order valence-electron chi connectivity index (χ3n) is 1.36. The molecule has 13 heavy (non-hydrogen) atoms. The molecule has 6 nitrogen and oxygen atoms in total. The van der Waals surface area contributed by atoms with Gasteiger partial charge >= 0.3 is 16.1 Å². The molecule has 0 aliphatic carbocycles. The highest BCUT2D eigenvalue weighted by Gasteiger charge is 2.43. The highest BCUT2D eigenvalue weighted by Crippen LogP contribution is 2.22. The van der Waals surface area contributed by atoms with Crippen molar-refractivity contribution in [3.8, 4) is 0 Å². The van der Waals surface area contributed by atoms with Crippen molar-refractivity contribution in [3.63, 3.8) is 0 Å². The van der Waals surface area contributed by atoms with Gasteiger partial charge in [0.05, 0.1) is 5.57 Å². The Hall–Kier alpha value is -1.18. The first kappa shape index (κ1) is 11.8. The van der Waals surface area contributed by atoms with E-state index in [1.165, 1.54) is 0 Å². The lowest BCUT2D eigenvalue weighted by Gasteiger charge is -2.19. The molecular weight excluding hydrogens is 200 g/mol. The summed E-state index contributed by atoms with van der Waals surface area (Å²) in [6.45, 7) is 5.69. The maximum absolute atomic E-state index is 10.5. The smallest absolute Gasteiger partial charge is 0.335 e. The van der Waals surface area contributed by atoms with Crippen LogP contribution in [0.4, 0.5) is 0 Å². The Kier molecular flexibility index (Phi) is 2.99. The second kappa shape index (κ2) is 3.29. The summed E-state index contributed by atoms with van der Waals surface area (Å²) in [5, 5.41) is 17.5. The van der Waals surface area contributed by atoms with E-state index in [0.717, 1.165) is 0 Å². The maximum Gasteiger partial charge on any atom is 0.335 e. The Morgan fingerprint density at radius 2 is 1.85 bits per heavy atom. The molecule has 0 rings (SSSR count). The van der Waals surface area contributed by atoms with Gasteiger partial charge < -0.3 is 10.2 Å². The number of hydrogen-bond donors (Lipinski definition) is 3. The van der Waals surface area contributed by atoms with Crippen molar-refractivity contribution in [1.82, 2.24) is 0 Å². The normalized spacial score (nSPS) is 15.8. The molecule has 0 saturated heterocycles. The monoisotopic (exact) mass is 208 g/mol. The molecule has 7 heteroatoms. The third-order valence-corrected chi connectivity index (χ3v) is 2.56. The predicted octanol–water partition coefficient (Wildman–Crippen LogP) is -0.610. The fraction of sp³-hybridized carbons (Fsp3) is 0.167. The van der Waals surface area contributed by atoms with Crippen LogP contribution in [0.5, 0.6) is 0 Å². The predicted molar refractivity (Wildman–Crippen MR) is 43.5 cm³/mol. The molecule has 0 spiro atoms. The first-order valence-electron chi connectivity index (χ1n) is 2.92. The molecule has 0 saturated carbocycles. The van der Waals surface area contributed by atoms with E-state index >= 15 is 0 Å². The Morgan fingerprint density at radius 3 is 1.92 bits per heavy atom. The molecule has 0 fully saturated rings. The fourth-order valence-electron chi connectivity index (χ4n) is 0.537. The lowest BCUT2D eigenvalue weighted by Crippen LogP contribution is -2.40. The highest BCUT2D eigenvalue weighted by molar-refractivity contribution is 7.87. The zero-order valence-electron chi connectivity index (χ0n) is 6.47. The van der Waals surface area contributed by atoms with Crippen LogP contribution in [-0.4, -0.2) is 34.1 Å². The Balaban J connectivity index is 5.47. The summed E-state index contributed by atoms with van der Waals surface area (Å²) in [5.41, 5.74) is -1.09. The molecule has 1 unspecified atom stereocenters. The van der Waals surface area contributed by atoms with Crippen molar-refractivity contribution in [2.45, 2.75) is 4.93 Å². The standard InChI is InChI=1S/C6H8O6S/c1-3-6(9,13(10,11)12)4(2)5(7)8/h3,9H,1-2H2,(H,7,8)(H,10,11,12). The molecule has 0 heterocycles. The summed E-state index contributed by atoms with van der Waals surface area (Å²) in [5.74, 6) is -1.75. The molecule has 1 atom stereocenters. The fourth-order valence-corrected chi connectivity index (χ4v) is 1.15. The quantitative estimate of drug-likeness (QED) is 0.323. The van der Waals surface area contributed by atoms with E-state index in [2.05, 4.69) is 13.2 Å². The molecule has 74 valence electrons. The molecule has 0 aromatic rings. The SMILES string of the molecule is C=CC(O)(C(=C)C(=O)O)S(=O)(=O)O.